The Labute approximate surface area is 105 Å². The van der Waals surface area contributed by atoms with E-state index in [4.69, 9.17) is 4.84 Å². The van der Waals surface area contributed by atoms with Crippen LogP contribution < -0.4 is 10.6 Å². The molecule has 4 heteroatoms. The van der Waals surface area contributed by atoms with E-state index in [1.54, 1.807) is 0 Å². The molecule has 1 aliphatic rings. The number of hydrogen-bond acceptors (Lipinski definition) is 3. The van der Waals surface area contributed by atoms with Crippen molar-refractivity contribution in [2.24, 2.45) is 0 Å². The van der Waals surface area contributed by atoms with Crippen LogP contribution in [0.1, 0.15) is 11.7 Å². The Morgan fingerprint density at radius 1 is 0.944 bits per heavy atom. The Morgan fingerprint density at radius 3 is 2.22 bits per heavy atom. The van der Waals surface area contributed by atoms with Crippen LogP contribution in [0.15, 0.2) is 60.7 Å². The third-order valence-corrected chi connectivity index (χ3v) is 2.75. The SMILES string of the molecule is O=C1NN(c2ccccc2)OC1c1ccccc1. The van der Waals surface area contributed by atoms with Gasteiger partial charge in [0.15, 0.2) is 6.10 Å². The van der Waals surface area contributed by atoms with Crippen LogP contribution in [-0.4, -0.2) is 5.91 Å². The van der Waals surface area contributed by atoms with E-state index in [1.165, 1.54) is 5.17 Å². The van der Waals surface area contributed by atoms with Crippen LogP contribution in [-0.2, 0) is 9.63 Å². The Morgan fingerprint density at radius 2 is 1.56 bits per heavy atom. The molecule has 2 aromatic rings. The molecule has 0 saturated carbocycles. The molecule has 18 heavy (non-hydrogen) atoms. The average molecular weight is 240 g/mol. The molecule has 1 atom stereocenters. The van der Waals surface area contributed by atoms with Crippen LogP contribution in [0.3, 0.4) is 0 Å². The standard InChI is InChI=1S/C14H12N2O2/c17-14-13(11-7-3-1-4-8-11)18-16(15-14)12-9-5-2-6-10-12/h1-10,13H,(H,15,17). The highest BCUT2D eigenvalue weighted by molar-refractivity contribution is 5.85. The molecule has 1 fully saturated rings. The predicted octanol–water partition coefficient (Wildman–Crippen LogP) is 2.21. The maximum absolute atomic E-state index is 11.9. The summed E-state index contributed by atoms with van der Waals surface area (Å²) in [4.78, 5) is 17.5. The number of hydrogen-bond donors (Lipinski definition) is 1. The van der Waals surface area contributed by atoms with Gasteiger partial charge in [0.2, 0.25) is 0 Å². The Hall–Kier alpha value is -2.33. The lowest BCUT2D eigenvalue weighted by Crippen LogP contribution is -2.32. The Kier molecular flexibility index (Phi) is 2.70. The number of benzene rings is 2. The van der Waals surface area contributed by atoms with Crippen molar-refractivity contribution in [3.63, 3.8) is 0 Å². The number of carbonyl (C=O) groups is 1. The minimum atomic E-state index is -0.591. The summed E-state index contributed by atoms with van der Waals surface area (Å²) in [5.41, 5.74) is 4.33. The number of anilines is 1. The van der Waals surface area contributed by atoms with E-state index in [1.807, 2.05) is 60.7 Å². The van der Waals surface area contributed by atoms with Gasteiger partial charge in [-0.1, -0.05) is 48.5 Å². The number of rotatable bonds is 2. The fourth-order valence-electron chi connectivity index (χ4n) is 1.87. The van der Waals surface area contributed by atoms with Crippen molar-refractivity contribution >= 4 is 11.6 Å². The summed E-state index contributed by atoms with van der Waals surface area (Å²) < 4.78 is 0. The molecule has 0 aromatic heterocycles. The smallest absolute Gasteiger partial charge is 0.270 e. The predicted molar refractivity (Wildman–Crippen MR) is 67.3 cm³/mol. The van der Waals surface area contributed by atoms with Crippen LogP contribution >= 0.6 is 0 Å². The zero-order valence-corrected chi connectivity index (χ0v) is 9.61. The van der Waals surface area contributed by atoms with Gasteiger partial charge >= 0.3 is 0 Å². The fraction of sp³-hybridized carbons (Fsp3) is 0.0714. The zero-order valence-electron chi connectivity index (χ0n) is 9.61. The monoisotopic (exact) mass is 240 g/mol. The van der Waals surface area contributed by atoms with Gasteiger partial charge in [-0.2, -0.15) is 5.17 Å². The molecule has 1 unspecified atom stereocenters. The fourth-order valence-corrected chi connectivity index (χ4v) is 1.87. The van der Waals surface area contributed by atoms with Gasteiger partial charge in [-0.05, 0) is 17.7 Å². The lowest BCUT2D eigenvalue weighted by molar-refractivity contribution is -0.123. The van der Waals surface area contributed by atoms with E-state index in [-0.39, 0.29) is 5.91 Å². The lowest BCUT2D eigenvalue weighted by Gasteiger charge is -2.15. The van der Waals surface area contributed by atoms with Gasteiger partial charge in [-0.15, -0.1) is 0 Å². The molecular weight excluding hydrogens is 228 g/mol. The van der Waals surface area contributed by atoms with Crippen LogP contribution in [0.5, 0.6) is 0 Å². The molecule has 2 aromatic carbocycles. The molecule has 4 nitrogen and oxygen atoms in total. The van der Waals surface area contributed by atoms with Crippen LogP contribution in [0.25, 0.3) is 0 Å². The number of hydrazine groups is 1. The first-order valence-corrected chi connectivity index (χ1v) is 5.72. The van der Waals surface area contributed by atoms with Crippen molar-refractivity contribution in [2.75, 3.05) is 5.17 Å². The quantitative estimate of drug-likeness (QED) is 0.875. The van der Waals surface area contributed by atoms with Gasteiger partial charge in [0.25, 0.3) is 5.91 Å². The second-order valence-corrected chi connectivity index (χ2v) is 4.00. The van der Waals surface area contributed by atoms with Gasteiger partial charge in [-0.25, -0.2) is 10.3 Å². The summed E-state index contributed by atoms with van der Waals surface area (Å²) in [6.45, 7) is 0. The van der Waals surface area contributed by atoms with Crippen molar-refractivity contribution in [2.45, 2.75) is 6.10 Å². The van der Waals surface area contributed by atoms with Crippen molar-refractivity contribution in [3.05, 3.63) is 66.2 Å². The molecule has 1 saturated heterocycles. The molecular formula is C14H12N2O2. The highest BCUT2D eigenvalue weighted by Gasteiger charge is 2.33. The number of nitrogens with zero attached hydrogens (tertiary/aromatic N) is 1. The summed E-state index contributed by atoms with van der Waals surface area (Å²) in [7, 11) is 0. The van der Waals surface area contributed by atoms with Gasteiger partial charge < -0.3 is 0 Å². The molecule has 0 spiro atoms. The third-order valence-electron chi connectivity index (χ3n) is 2.75. The Bertz CT molecular complexity index is 542. The molecule has 1 amide bonds. The van der Waals surface area contributed by atoms with Crippen molar-refractivity contribution in [3.8, 4) is 0 Å². The normalized spacial score (nSPS) is 18.8. The molecule has 1 N–H and O–H groups in total. The first kappa shape index (κ1) is 10.8. The largest absolute Gasteiger partial charge is 0.276 e. The topological polar surface area (TPSA) is 41.6 Å². The van der Waals surface area contributed by atoms with E-state index < -0.39 is 6.10 Å². The molecule has 0 radical (unpaired) electrons. The maximum atomic E-state index is 11.9. The summed E-state index contributed by atoms with van der Waals surface area (Å²) >= 11 is 0. The maximum Gasteiger partial charge on any atom is 0.276 e. The number of amides is 1. The molecule has 0 aliphatic carbocycles. The van der Waals surface area contributed by atoms with E-state index in [0.29, 0.717) is 0 Å². The van der Waals surface area contributed by atoms with Crippen molar-refractivity contribution < 1.29 is 9.63 Å². The van der Waals surface area contributed by atoms with E-state index in [2.05, 4.69) is 5.43 Å². The van der Waals surface area contributed by atoms with E-state index >= 15 is 0 Å². The van der Waals surface area contributed by atoms with E-state index in [0.717, 1.165) is 11.3 Å². The summed E-state index contributed by atoms with van der Waals surface area (Å²) in [6.07, 6.45) is -0.591. The van der Waals surface area contributed by atoms with Gasteiger partial charge in [0, 0.05) is 0 Å². The molecule has 0 bridgehead atoms. The molecule has 1 aliphatic heterocycles. The van der Waals surface area contributed by atoms with Crippen molar-refractivity contribution in [1.82, 2.24) is 5.43 Å². The Balaban J connectivity index is 1.83. The molecule has 90 valence electrons. The second-order valence-electron chi connectivity index (χ2n) is 4.00. The van der Waals surface area contributed by atoms with Crippen LogP contribution in [0, 0.1) is 0 Å². The second kappa shape index (κ2) is 4.50. The van der Waals surface area contributed by atoms with Crippen molar-refractivity contribution in [1.29, 1.82) is 0 Å². The third kappa shape index (κ3) is 1.94. The average Bonchev–Trinajstić information content (AvgIpc) is 2.83. The number of carbonyl (C=O) groups excluding carboxylic acids is 1. The van der Waals surface area contributed by atoms with Crippen LogP contribution in [0.2, 0.25) is 0 Å². The highest BCUT2D eigenvalue weighted by Crippen LogP contribution is 2.26. The van der Waals surface area contributed by atoms with Crippen LogP contribution in [0.4, 0.5) is 5.69 Å². The molecule has 3 rings (SSSR count). The first-order valence-electron chi connectivity index (χ1n) is 5.72. The van der Waals surface area contributed by atoms with Gasteiger partial charge in [0.05, 0.1) is 5.69 Å². The van der Waals surface area contributed by atoms with E-state index in [9.17, 15) is 4.79 Å². The number of para-hydroxylation sites is 1. The minimum Gasteiger partial charge on any atom is -0.270 e. The highest BCUT2D eigenvalue weighted by atomic mass is 16.7. The molecule has 1 heterocycles. The van der Waals surface area contributed by atoms with Gasteiger partial charge in [0.1, 0.15) is 0 Å². The minimum absolute atomic E-state index is 0.162. The first-order chi connectivity index (χ1) is 8.84. The lowest BCUT2D eigenvalue weighted by atomic mass is 10.1. The number of nitrogens with one attached hydrogen (secondary N) is 1. The van der Waals surface area contributed by atoms with Gasteiger partial charge in [-0.3, -0.25) is 4.79 Å². The summed E-state index contributed by atoms with van der Waals surface area (Å²) in [5.74, 6) is -0.162. The zero-order chi connectivity index (χ0) is 12.4. The summed E-state index contributed by atoms with van der Waals surface area (Å²) in [6, 6.07) is 18.9. The summed E-state index contributed by atoms with van der Waals surface area (Å²) in [5, 5.41) is 1.40.